The van der Waals surface area contributed by atoms with Gasteiger partial charge in [-0.1, -0.05) is 6.92 Å². The molecule has 0 rings (SSSR count). The van der Waals surface area contributed by atoms with Crippen molar-refractivity contribution in [3.8, 4) is 0 Å². The van der Waals surface area contributed by atoms with Crippen LogP contribution in [0.25, 0.3) is 0 Å². The molecule has 3 N–H and O–H groups in total. The molecule has 5 heteroatoms. The van der Waals surface area contributed by atoms with E-state index in [0.717, 1.165) is 6.42 Å². The van der Waals surface area contributed by atoms with Crippen molar-refractivity contribution in [2.45, 2.75) is 38.6 Å². The first kappa shape index (κ1) is 13.1. The van der Waals surface area contributed by atoms with Crippen LogP contribution in [0.1, 0.15) is 20.3 Å². The minimum absolute atomic E-state index is 0.0259. The summed E-state index contributed by atoms with van der Waals surface area (Å²) in [6.07, 6.45) is 0.938. The minimum Gasteiger partial charge on any atom is -0.397 e. The third-order valence-corrected chi connectivity index (χ3v) is 5.78. The van der Waals surface area contributed by atoms with Crippen molar-refractivity contribution in [1.29, 1.82) is 0 Å². The zero-order valence-corrected chi connectivity index (χ0v) is 10.3. The lowest BCUT2D eigenvalue weighted by molar-refractivity contribution is 0.225. The summed E-state index contributed by atoms with van der Waals surface area (Å²) in [4.78, 5) is 0. The average molecular weight is 206 g/mol. The third-order valence-electron chi connectivity index (χ3n) is 2.32. The third kappa shape index (κ3) is 3.74. The van der Waals surface area contributed by atoms with Crippen LogP contribution in [0.5, 0.6) is 0 Å². The van der Waals surface area contributed by atoms with Gasteiger partial charge in [0.1, 0.15) is 0 Å². The molecule has 4 nitrogen and oxygen atoms in total. The van der Waals surface area contributed by atoms with Gasteiger partial charge in [0, 0.05) is 14.2 Å². The number of hydrogen-bond acceptors (Lipinski definition) is 4. The van der Waals surface area contributed by atoms with E-state index in [1.165, 1.54) is 0 Å². The highest BCUT2D eigenvalue weighted by Gasteiger charge is 2.38. The monoisotopic (exact) mass is 206 g/mol. The molecule has 0 saturated heterocycles. The van der Waals surface area contributed by atoms with Gasteiger partial charge in [-0.05, 0) is 19.9 Å². The van der Waals surface area contributed by atoms with Gasteiger partial charge in [-0.15, -0.1) is 0 Å². The van der Waals surface area contributed by atoms with E-state index in [-0.39, 0.29) is 11.8 Å². The molecule has 13 heavy (non-hydrogen) atoms. The van der Waals surface area contributed by atoms with Crippen LogP contribution in [-0.4, -0.2) is 34.6 Å². The molecule has 0 aromatic heterocycles. The Balaban J connectivity index is 4.34. The molecule has 80 valence electrons. The second-order valence-electron chi connectivity index (χ2n) is 3.34. The quantitative estimate of drug-likeness (QED) is 0.492. The van der Waals surface area contributed by atoms with E-state index in [4.69, 9.17) is 14.6 Å². The second-order valence-corrected chi connectivity index (χ2v) is 6.89. The Kier molecular flexibility index (Phi) is 5.74. The summed E-state index contributed by atoms with van der Waals surface area (Å²) in [5, 5.41) is 3.26. The van der Waals surface area contributed by atoms with E-state index < -0.39 is 8.56 Å². The Labute approximate surface area is 82.0 Å². The summed E-state index contributed by atoms with van der Waals surface area (Å²) in [7, 11) is 1.31. The predicted octanol–water partition coefficient (Wildman–Crippen LogP) is 0.563. The van der Waals surface area contributed by atoms with E-state index in [9.17, 15) is 0 Å². The number of rotatable bonds is 6. The lowest BCUT2D eigenvalue weighted by atomic mass is 10.4. The zero-order valence-electron chi connectivity index (χ0n) is 9.26. The molecule has 0 fully saturated rings. The van der Waals surface area contributed by atoms with Crippen molar-refractivity contribution in [3.05, 3.63) is 0 Å². The van der Waals surface area contributed by atoms with Crippen LogP contribution in [0, 0.1) is 0 Å². The van der Waals surface area contributed by atoms with Gasteiger partial charge in [0.25, 0.3) is 0 Å². The summed E-state index contributed by atoms with van der Waals surface area (Å²) in [6.45, 7) is 6.06. The van der Waals surface area contributed by atoms with Crippen molar-refractivity contribution in [2.75, 3.05) is 14.2 Å². The highest BCUT2D eigenvalue weighted by Crippen LogP contribution is 2.13. The van der Waals surface area contributed by atoms with Crippen LogP contribution in [0.3, 0.4) is 0 Å². The molecule has 0 aromatic carbocycles. The van der Waals surface area contributed by atoms with Crippen LogP contribution < -0.4 is 11.1 Å². The van der Waals surface area contributed by atoms with Gasteiger partial charge in [-0.2, -0.15) is 0 Å². The molecule has 0 amide bonds. The lowest BCUT2D eigenvalue weighted by Crippen LogP contribution is -2.59. The van der Waals surface area contributed by atoms with Crippen LogP contribution in [0.4, 0.5) is 0 Å². The van der Waals surface area contributed by atoms with E-state index in [1.807, 2.05) is 13.5 Å². The summed E-state index contributed by atoms with van der Waals surface area (Å²) in [6, 6.07) is 0. The van der Waals surface area contributed by atoms with Crippen LogP contribution >= 0.6 is 0 Å². The van der Waals surface area contributed by atoms with Crippen LogP contribution in [0.15, 0.2) is 0 Å². The van der Waals surface area contributed by atoms with Gasteiger partial charge in [0.2, 0.25) is 0 Å². The summed E-state index contributed by atoms with van der Waals surface area (Å²) in [5.74, 6) is 0. The van der Waals surface area contributed by atoms with E-state index >= 15 is 0 Å². The summed E-state index contributed by atoms with van der Waals surface area (Å²) in [5.41, 5.74) is 5.91. The van der Waals surface area contributed by atoms with Crippen molar-refractivity contribution >= 4 is 8.56 Å². The molecule has 0 saturated carbocycles. The first-order valence-electron chi connectivity index (χ1n) is 4.62. The number of hydrogen-bond donors (Lipinski definition) is 2. The zero-order chi connectivity index (χ0) is 10.5. The van der Waals surface area contributed by atoms with Crippen molar-refractivity contribution in [3.63, 3.8) is 0 Å². The first-order chi connectivity index (χ1) is 6.00. The van der Waals surface area contributed by atoms with Gasteiger partial charge in [0.05, 0.1) is 11.8 Å². The SMILES string of the molecule is CCC(NC(C)N)[Si](C)(OC)OC. The molecular weight excluding hydrogens is 184 g/mol. The normalized spacial score (nSPS) is 17.1. The smallest absolute Gasteiger partial charge is 0.351 e. The molecule has 0 aliphatic carbocycles. The maximum atomic E-state index is 5.67. The molecule has 0 bridgehead atoms. The van der Waals surface area contributed by atoms with Crippen molar-refractivity contribution in [1.82, 2.24) is 5.32 Å². The first-order valence-corrected chi connectivity index (χ1v) is 7.01. The number of nitrogens with two attached hydrogens (primary N) is 1. The minimum atomic E-state index is -2.08. The predicted molar refractivity (Wildman–Crippen MR) is 56.5 cm³/mol. The van der Waals surface area contributed by atoms with Crippen molar-refractivity contribution in [2.24, 2.45) is 5.73 Å². The standard InChI is InChI=1S/C8H22N2O2Si/c1-6-8(10-7(2)9)13(5,11-3)12-4/h7-8,10H,6,9H2,1-5H3. The van der Waals surface area contributed by atoms with E-state index in [2.05, 4.69) is 12.2 Å². The Morgan fingerprint density at radius 3 is 2.08 bits per heavy atom. The largest absolute Gasteiger partial charge is 0.397 e. The Hall–Kier alpha value is 0.0569. The average Bonchev–Trinajstić information content (AvgIpc) is 2.12. The Morgan fingerprint density at radius 2 is 1.85 bits per heavy atom. The van der Waals surface area contributed by atoms with Crippen molar-refractivity contribution < 1.29 is 8.85 Å². The number of nitrogens with one attached hydrogen (secondary N) is 1. The molecule has 0 aliphatic rings. The van der Waals surface area contributed by atoms with Gasteiger partial charge in [-0.25, -0.2) is 0 Å². The van der Waals surface area contributed by atoms with E-state index in [1.54, 1.807) is 14.2 Å². The van der Waals surface area contributed by atoms with Gasteiger partial charge in [0.15, 0.2) is 0 Å². The fourth-order valence-electron chi connectivity index (χ4n) is 1.33. The topological polar surface area (TPSA) is 56.5 Å². The highest BCUT2D eigenvalue weighted by molar-refractivity contribution is 6.67. The van der Waals surface area contributed by atoms with Gasteiger partial charge >= 0.3 is 8.56 Å². The summed E-state index contributed by atoms with van der Waals surface area (Å²) >= 11 is 0. The van der Waals surface area contributed by atoms with Gasteiger partial charge in [-0.3, -0.25) is 5.32 Å². The highest BCUT2D eigenvalue weighted by atomic mass is 28.4. The van der Waals surface area contributed by atoms with E-state index in [0.29, 0.717) is 0 Å². The molecule has 2 unspecified atom stereocenters. The van der Waals surface area contributed by atoms with Crippen LogP contribution in [-0.2, 0) is 8.85 Å². The second kappa shape index (κ2) is 5.72. The fourth-order valence-corrected chi connectivity index (χ4v) is 3.37. The van der Waals surface area contributed by atoms with Gasteiger partial charge < -0.3 is 14.6 Å². The Bertz CT molecular complexity index is 140. The molecule has 0 heterocycles. The lowest BCUT2D eigenvalue weighted by Gasteiger charge is -2.33. The molecule has 0 aromatic rings. The molecule has 2 atom stereocenters. The Morgan fingerprint density at radius 1 is 1.38 bits per heavy atom. The molecule has 0 aliphatic heterocycles. The molecular formula is C8H22N2O2Si. The molecule has 0 spiro atoms. The fraction of sp³-hybridized carbons (Fsp3) is 1.00. The molecule has 0 radical (unpaired) electrons. The maximum Gasteiger partial charge on any atom is 0.351 e. The maximum absolute atomic E-state index is 5.67. The van der Waals surface area contributed by atoms with Crippen LogP contribution in [0.2, 0.25) is 6.55 Å². The summed E-state index contributed by atoms with van der Waals surface area (Å²) < 4.78 is 10.9.